The quantitative estimate of drug-likeness (QED) is 0.651. The smallest absolute Gasteiger partial charge is 0.328 e. The maximum absolute atomic E-state index is 11.4. The fraction of sp³-hybridized carbons (Fsp3) is 0.800. The first-order valence-electron chi connectivity index (χ1n) is 4.92. The van der Waals surface area contributed by atoms with Crippen molar-refractivity contribution in [2.24, 2.45) is 5.92 Å². The molecular weight excluding hydrogens is 198 g/mol. The van der Waals surface area contributed by atoms with Gasteiger partial charge in [-0.3, -0.25) is 4.79 Å². The molecule has 0 aliphatic heterocycles. The topological polar surface area (TPSA) is 64.6 Å². The highest BCUT2D eigenvalue weighted by atomic mass is 16.5. The van der Waals surface area contributed by atoms with Crippen molar-refractivity contribution >= 4 is 11.9 Å². The number of methoxy groups -OCH3 is 2. The van der Waals surface area contributed by atoms with Crippen LogP contribution in [0.4, 0.5) is 0 Å². The van der Waals surface area contributed by atoms with Gasteiger partial charge in [0, 0.05) is 7.11 Å². The van der Waals surface area contributed by atoms with E-state index in [0.717, 1.165) is 6.42 Å². The molecule has 5 heteroatoms. The Bertz CT molecular complexity index is 217. The molecule has 0 aliphatic rings. The number of carbonyl (C=O) groups excluding carboxylic acids is 2. The highest BCUT2D eigenvalue weighted by molar-refractivity contribution is 5.85. The molecule has 15 heavy (non-hydrogen) atoms. The normalized spacial score (nSPS) is 14.1. The summed E-state index contributed by atoms with van der Waals surface area (Å²) in [5, 5.41) is 2.58. The first kappa shape index (κ1) is 13.9. The van der Waals surface area contributed by atoms with E-state index in [9.17, 15) is 9.59 Å². The average molecular weight is 217 g/mol. The molecule has 1 amide bonds. The van der Waals surface area contributed by atoms with E-state index in [2.05, 4.69) is 14.8 Å². The molecule has 0 aromatic carbocycles. The molecule has 1 N–H and O–H groups in total. The number of hydrogen-bond donors (Lipinski definition) is 1. The van der Waals surface area contributed by atoms with Gasteiger partial charge in [-0.2, -0.15) is 0 Å². The van der Waals surface area contributed by atoms with E-state index < -0.39 is 12.0 Å². The van der Waals surface area contributed by atoms with E-state index >= 15 is 0 Å². The van der Waals surface area contributed by atoms with Gasteiger partial charge in [0.25, 0.3) is 0 Å². The van der Waals surface area contributed by atoms with Crippen LogP contribution < -0.4 is 5.32 Å². The van der Waals surface area contributed by atoms with Crippen LogP contribution in [0.3, 0.4) is 0 Å². The van der Waals surface area contributed by atoms with Crippen LogP contribution in [0.25, 0.3) is 0 Å². The maximum Gasteiger partial charge on any atom is 0.328 e. The Hall–Kier alpha value is -1.10. The van der Waals surface area contributed by atoms with Gasteiger partial charge in [0.2, 0.25) is 5.91 Å². The average Bonchev–Trinajstić information content (AvgIpc) is 2.24. The summed E-state index contributed by atoms with van der Waals surface area (Å²) in [5.41, 5.74) is 0. The van der Waals surface area contributed by atoms with E-state index in [-0.39, 0.29) is 18.4 Å². The molecule has 0 fully saturated rings. The third-order valence-corrected chi connectivity index (χ3v) is 2.26. The van der Waals surface area contributed by atoms with Crippen LogP contribution in [0.2, 0.25) is 0 Å². The van der Waals surface area contributed by atoms with Gasteiger partial charge < -0.3 is 14.8 Å². The molecule has 5 nitrogen and oxygen atoms in total. The second-order valence-electron chi connectivity index (χ2n) is 3.39. The van der Waals surface area contributed by atoms with Gasteiger partial charge in [-0.1, -0.05) is 20.3 Å². The third-order valence-electron chi connectivity index (χ3n) is 2.26. The summed E-state index contributed by atoms with van der Waals surface area (Å²) in [4.78, 5) is 22.6. The lowest BCUT2D eigenvalue weighted by atomic mass is 9.99. The summed E-state index contributed by atoms with van der Waals surface area (Å²) < 4.78 is 9.29. The van der Waals surface area contributed by atoms with E-state index in [1.807, 2.05) is 13.8 Å². The third kappa shape index (κ3) is 4.78. The summed E-state index contributed by atoms with van der Waals surface area (Å²) in [6.45, 7) is 3.78. The zero-order valence-corrected chi connectivity index (χ0v) is 9.70. The lowest BCUT2D eigenvalue weighted by Gasteiger charge is -2.21. The molecule has 0 aromatic heterocycles. The Kier molecular flexibility index (Phi) is 6.70. The highest BCUT2D eigenvalue weighted by Crippen LogP contribution is 2.08. The molecule has 0 unspecified atom stereocenters. The van der Waals surface area contributed by atoms with Crippen molar-refractivity contribution in [1.82, 2.24) is 5.32 Å². The number of ether oxygens (including phenoxy) is 2. The predicted octanol–water partition coefficient (Wildman–Crippen LogP) is 0.337. The predicted molar refractivity (Wildman–Crippen MR) is 55.3 cm³/mol. The van der Waals surface area contributed by atoms with Gasteiger partial charge in [0.15, 0.2) is 0 Å². The minimum Gasteiger partial charge on any atom is -0.467 e. The molecular formula is C10H19NO4. The molecule has 0 aliphatic carbocycles. The Morgan fingerprint density at radius 2 is 1.93 bits per heavy atom. The van der Waals surface area contributed by atoms with Crippen molar-refractivity contribution in [3.63, 3.8) is 0 Å². The molecule has 0 radical (unpaired) electrons. The van der Waals surface area contributed by atoms with Crippen LogP contribution >= 0.6 is 0 Å². The summed E-state index contributed by atoms with van der Waals surface area (Å²) in [5.74, 6) is -0.694. The Labute approximate surface area is 90.1 Å². The first-order valence-corrected chi connectivity index (χ1v) is 4.92. The lowest BCUT2D eigenvalue weighted by molar-refractivity contribution is -0.147. The standard InChI is InChI=1S/C10H19NO4/c1-5-7(2)9(10(13)15-4)11-8(12)6-14-3/h7,9H,5-6H2,1-4H3,(H,11,12)/t7-,9-/m0/s1. The molecule has 88 valence electrons. The molecule has 0 rings (SSSR count). The van der Waals surface area contributed by atoms with E-state index in [0.29, 0.717) is 0 Å². The maximum atomic E-state index is 11.4. The van der Waals surface area contributed by atoms with Gasteiger partial charge >= 0.3 is 5.97 Å². The molecule has 2 atom stereocenters. The fourth-order valence-electron chi connectivity index (χ4n) is 1.14. The van der Waals surface area contributed by atoms with Crippen LogP contribution in [0.5, 0.6) is 0 Å². The van der Waals surface area contributed by atoms with E-state index in [1.54, 1.807) is 0 Å². The van der Waals surface area contributed by atoms with E-state index in [4.69, 9.17) is 0 Å². The van der Waals surface area contributed by atoms with Gasteiger partial charge in [0.05, 0.1) is 7.11 Å². The van der Waals surface area contributed by atoms with Crippen molar-refractivity contribution in [2.75, 3.05) is 20.8 Å². The first-order chi connectivity index (χ1) is 7.06. The zero-order chi connectivity index (χ0) is 11.8. The number of hydrogen-bond acceptors (Lipinski definition) is 4. The monoisotopic (exact) mass is 217 g/mol. The Morgan fingerprint density at radius 1 is 1.33 bits per heavy atom. The largest absolute Gasteiger partial charge is 0.467 e. The van der Waals surface area contributed by atoms with Crippen LogP contribution in [0.1, 0.15) is 20.3 Å². The number of nitrogens with one attached hydrogen (secondary N) is 1. The summed E-state index contributed by atoms with van der Waals surface area (Å²) in [6.07, 6.45) is 0.785. The SMILES string of the molecule is CC[C@H](C)[C@H](NC(=O)COC)C(=O)OC. The van der Waals surface area contributed by atoms with Crippen molar-refractivity contribution in [2.45, 2.75) is 26.3 Å². The van der Waals surface area contributed by atoms with Gasteiger partial charge in [-0.25, -0.2) is 4.79 Å². The van der Waals surface area contributed by atoms with Gasteiger partial charge in [0.1, 0.15) is 12.6 Å². The number of esters is 1. The molecule has 0 aromatic rings. The number of carbonyl (C=O) groups is 2. The Balaban J connectivity index is 4.37. The van der Waals surface area contributed by atoms with Crippen molar-refractivity contribution < 1.29 is 19.1 Å². The van der Waals surface area contributed by atoms with Crippen molar-refractivity contribution in [3.8, 4) is 0 Å². The summed E-state index contributed by atoms with van der Waals surface area (Å²) in [7, 11) is 2.73. The van der Waals surface area contributed by atoms with Gasteiger partial charge in [-0.05, 0) is 5.92 Å². The molecule has 0 saturated carbocycles. The van der Waals surface area contributed by atoms with E-state index in [1.165, 1.54) is 14.2 Å². The van der Waals surface area contributed by atoms with Crippen molar-refractivity contribution in [3.05, 3.63) is 0 Å². The fourth-order valence-corrected chi connectivity index (χ4v) is 1.14. The molecule has 0 spiro atoms. The minimum absolute atomic E-state index is 0.0401. The van der Waals surface area contributed by atoms with Crippen LogP contribution in [0.15, 0.2) is 0 Å². The number of amides is 1. The molecule has 0 bridgehead atoms. The summed E-state index contributed by atoms with van der Waals surface area (Å²) in [6, 6.07) is -0.595. The summed E-state index contributed by atoms with van der Waals surface area (Å²) >= 11 is 0. The second kappa shape index (κ2) is 7.23. The number of rotatable bonds is 6. The van der Waals surface area contributed by atoms with Crippen LogP contribution in [0, 0.1) is 5.92 Å². The Morgan fingerprint density at radius 3 is 2.33 bits per heavy atom. The van der Waals surface area contributed by atoms with Crippen LogP contribution in [-0.2, 0) is 19.1 Å². The zero-order valence-electron chi connectivity index (χ0n) is 9.70. The molecule has 0 saturated heterocycles. The minimum atomic E-state index is -0.595. The lowest BCUT2D eigenvalue weighted by Crippen LogP contribution is -2.46. The molecule has 0 heterocycles. The highest BCUT2D eigenvalue weighted by Gasteiger charge is 2.26. The van der Waals surface area contributed by atoms with Crippen LogP contribution in [-0.4, -0.2) is 38.7 Å². The van der Waals surface area contributed by atoms with Gasteiger partial charge in [-0.15, -0.1) is 0 Å². The second-order valence-corrected chi connectivity index (χ2v) is 3.39. The van der Waals surface area contributed by atoms with Crippen molar-refractivity contribution in [1.29, 1.82) is 0 Å².